The van der Waals surface area contributed by atoms with Crippen LogP contribution in [-0.4, -0.2) is 36.6 Å². The van der Waals surface area contributed by atoms with E-state index < -0.39 is 0 Å². The second kappa shape index (κ2) is 7.91. The van der Waals surface area contributed by atoms with Gasteiger partial charge in [0.15, 0.2) is 5.78 Å². The van der Waals surface area contributed by atoms with Gasteiger partial charge in [-0.3, -0.25) is 9.69 Å². The highest BCUT2D eigenvalue weighted by molar-refractivity contribution is 7.98. The molecule has 0 amide bonds. The molecule has 0 N–H and O–H groups in total. The molecule has 0 aliphatic heterocycles. The van der Waals surface area contributed by atoms with Crippen LogP contribution < -0.4 is 0 Å². The molecular formula is C14H18N2OS. The van der Waals surface area contributed by atoms with Gasteiger partial charge in [-0.15, -0.1) is 11.8 Å². The maximum Gasteiger partial charge on any atom is 0.176 e. The van der Waals surface area contributed by atoms with E-state index in [0.717, 1.165) is 17.0 Å². The fourth-order valence-corrected chi connectivity index (χ4v) is 2.04. The van der Waals surface area contributed by atoms with Crippen molar-refractivity contribution in [2.45, 2.75) is 18.2 Å². The largest absolute Gasteiger partial charge is 0.295 e. The molecule has 0 aliphatic carbocycles. The highest BCUT2D eigenvalue weighted by Crippen LogP contribution is 2.15. The van der Waals surface area contributed by atoms with Crippen molar-refractivity contribution in [3.05, 3.63) is 29.8 Å². The van der Waals surface area contributed by atoms with Crippen molar-refractivity contribution in [1.82, 2.24) is 4.90 Å². The van der Waals surface area contributed by atoms with E-state index in [1.165, 1.54) is 0 Å². The normalized spacial score (nSPS) is 10.3. The summed E-state index contributed by atoms with van der Waals surface area (Å²) in [5.41, 5.74) is 0.739. The third-order valence-electron chi connectivity index (χ3n) is 2.77. The monoisotopic (exact) mass is 262 g/mol. The molecular weight excluding hydrogens is 244 g/mol. The van der Waals surface area contributed by atoms with Gasteiger partial charge < -0.3 is 0 Å². The molecule has 0 saturated heterocycles. The molecule has 0 aromatic heterocycles. The van der Waals surface area contributed by atoms with Crippen molar-refractivity contribution < 1.29 is 4.79 Å². The van der Waals surface area contributed by atoms with Crippen molar-refractivity contribution in [1.29, 1.82) is 5.26 Å². The zero-order valence-corrected chi connectivity index (χ0v) is 11.7. The lowest BCUT2D eigenvalue weighted by atomic mass is 10.1. The van der Waals surface area contributed by atoms with Gasteiger partial charge in [0.2, 0.25) is 0 Å². The predicted molar refractivity (Wildman–Crippen MR) is 74.9 cm³/mol. The number of thioether (sulfide) groups is 1. The number of ketones is 1. The van der Waals surface area contributed by atoms with Crippen molar-refractivity contribution >= 4 is 17.5 Å². The zero-order chi connectivity index (χ0) is 13.4. The van der Waals surface area contributed by atoms with Crippen LogP contribution >= 0.6 is 11.8 Å². The van der Waals surface area contributed by atoms with Crippen molar-refractivity contribution in [3.8, 4) is 6.07 Å². The summed E-state index contributed by atoms with van der Waals surface area (Å²) in [5, 5.41) is 8.56. The fraction of sp³-hybridized carbons (Fsp3) is 0.429. The molecule has 4 heteroatoms. The Morgan fingerprint density at radius 3 is 2.56 bits per heavy atom. The molecule has 0 atom stereocenters. The summed E-state index contributed by atoms with van der Waals surface area (Å²) in [6, 6.07) is 9.76. The number of benzene rings is 1. The van der Waals surface area contributed by atoms with Crippen LogP contribution in [0.4, 0.5) is 0 Å². The summed E-state index contributed by atoms with van der Waals surface area (Å²) in [6.07, 6.45) is 2.48. The molecule has 0 unspecified atom stereocenters. The second-order valence-electron chi connectivity index (χ2n) is 3.93. The minimum absolute atomic E-state index is 0.113. The van der Waals surface area contributed by atoms with Gasteiger partial charge in [0.05, 0.1) is 12.6 Å². The topological polar surface area (TPSA) is 44.1 Å². The minimum Gasteiger partial charge on any atom is -0.295 e. The van der Waals surface area contributed by atoms with Gasteiger partial charge >= 0.3 is 0 Å². The number of hydrogen-bond donors (Lipinski definition) is 0. The van der Waals surface area contributed by atoms with E-state index in [4.69, 9.17) is 5.26 Å². The van der Waals surface area contributed by atoms with E-state index in [-0.39, 0.29) is 5.78 Å². The van der Waals surface area contributed by atoms with Crippen molar-refractivity contribution in [2.24, 2.45) is 0 Å². The zero-order valence-electron chi connectivity index (χ0n) is 10.8. The molecule has 3 nitrogen and oxygen atoms in total. The Balaban J connectivity index is 2.60. The van der Waals surface area contributed by atoms with E-state index in [1.54, 1.807) is 11.8 Å². The molecule has 0 saturated carbocycles. The lowest BCUT2D eigenvalue weighted by Crippen LogP contribution is -2.30. The number of likely N-dealkylation sites (N-methyl/N-ethyl adjacent to an activating group) is 1. The molecule has 1 rings (SSSR count). The minimum atomic E-state index is 0.113. The first-order chi connectivity index (χ1) is 8.71. The van der Waals surface area contributed by atoms with E-state index >= 15 is 0 Å². The lowest BCUT2D eigenvalue weighted by Gasteiger charge is -2.17. The molecule has 96 valence electrons. The Labute approximate surface area is 113 Å². The second-order valence-corrected chi connectivity index (χ2v) is 4.81. The summed E-state index contributed by atoms with van der Waals surface area (Å²) in [7, 11) is 0. The first-order valence-corrected chi connectivity index (χ1v) is 7.20. The maximum absolute atomic E-state index is 12.0. The Morgan fingerprint density at radius 2 is 2.06 bits per heavy atom. The van der Waals surface area contributed by atoms with Gasteiger partial charge in [0.1, 0.15) is 0 Å². The Kier molecular flexibility index (Phi) is 6.48. The van der Waals surface area contributed by atoms with Crippen LogP contribution in [0.5, 0.6) is 0 Å². The van der Waals surface area contributed by atoms with E-state index in [2.05, 4.69) is 6.07 Å². The standard InChI is InChI=1S/C14H18N2OS/c1-3-16(10-4-9-15)11-14(17)12-5-7-13(18-2)8-6-12/h5-8H,3-4,10-11H2,1-2H3. The van der Waals surface area contributed by atoms with E-state index in [1.807, 2.05) is 42.3 Å². The van der Waals surface area contributed by atoms with Crippen LogP contribution in [0.3, 0.4) is 0 Å². The van der Waals surface area contributed by atoms with Crippen LogP contribution in [0.15, 0.2) is 29.2 Å². The molecule has 18 heavy (non-hydrogen) atoms. The Bertz CT molecular complexity index is 422. The van der Waals surface area contributed by atoms with Crippen LogP contribution in [0, 0.1) is 11.3 Å². The fourth-order valence-electron chi connectivity index (χ4n) is 1.63. The van der Waals surface area contributed by atoms with Crippen LogP contribution in [-0.2, 0) is 0 Å². The van der Waals surface area contributed by atoms with Gasteiger partial charge in [-0.2, -0.15) is 5.26 Å². The first-order valence-electron chi connectivity index (χ1n) is 5.97. The first kappa shape index (κ1) is 14.7. The number of nitrogens with zero attached hydrogens (tertiary/aromatic N) is 2. The lowest BCUT2D eigenvalue weighted by molar-refractivity contribution is 0.0935. The number of Topliss-reactive ketones (excluding diaryl/α,β-unsaturated/α-hetero) is 1. The Morgan fingerprint density at radius 1 is 1.39 bits per heavy atom. The van der Waals surface area contributed by atoms with Crippen molar-refractivity contribution in [2.75, 3.05) is 25.9 Å². The van der Waals surface area contributed by atoms with Crippen LogP contribution in [0.2, 0.25) is 0 Å². The number of rotatable bonds is 7. The van der Waals surface area contributed by atoms with Gasteiger partial charge in [0.25, 0.3) is 0 Å². The molecule has 0 spiro atoms. The molecule has 1 aromatic carbocycles. The quantitative estimate of drug-likeness (QED) is 0.560. The molecule has 0 heterocycles. The molecule has 0 aliphatic rings. The number of hydrogen-bond acceptors (Lipinski definition) is 4. The average Bonchev–Trinajstić information content (AvgIpc) is 2.43. The molecule has 0 bridgehead atoms. The number of nitriles is 1. The Hall–Kier alpha value is -1.31. The summed E-state index contributed by atoms with van der Waals surface area (Å²) in [5.74, 6) is 0.113. The summed E-state index contributed by atoms with van der Waals surface area (Å²) in [4.78, 5) is 15.2. The highest BCUT2D eigenvalue weighted by Gasteiger charge is 2.10. The highest BCUT2D eigenvalue weighted by atomic mass is 32.2. The number of carbonyl (C=O) groups is 1. The van der Waals surface area contributed by atoms with Crippen LogP contribution in [0.25, 0.3) is 0 Å². The van der Waals surface area contributed by atoms with Crippen molar-refractivity contribution in [3.63, 3.8) is 0 Å². The van der Waals surface area contributed by atoms with Gasteiger partial charge in [0, 0.05) is 23.4 Å². The predicted octanol–water partition coefficient (Wildman–Crippen LogP) is 2.83. The number of carbonyl (C=O) groups excluding carboxylic acids is 1. The van der Waals surface area contributed by atoms with E-state index in [9.17, 15) is 4.79 Å². The maximum atomic E-state index is 12.0. The SMILES string of the molecule is CCN(CCC#N)CC(=O)c1ccc(SC)cc1. The van der Waals surface area contributed by atoms with Gasteiger partial charge in [-0.05, 0) is 24.9 Å². The van der Waals surface area contributed by atoms with E-state index in [0.29, 0.717) is 19.5 Å². The van der Waals surface area contributed by atoms with Crippen LogP contribution in [0.1, 0.15) is 23.7 Å². The van der Waals surface area contributed by atoms with Gasteiger partial charge in [-0.1, -0.05) is 19.1 Å². The van der Waals surface area contributed by atoms with Gasteiger partial charge in [-0.25, -0.2) is 0 Å². The molecule has 0 fully saturated rings. The summed E-state index contributed by atoms with van der Waals surface area (Å²) < 4.78 is 0. The average molecular weight is 262 g/mol. The molecule has 1 aromatic rings. The smallest absolute Gasteiger partial charge is 0.176 e. The molecule has 0 radical (unpaired) electrons. The summed E-state index contributed by atoms with van der Waals surface area (Å²) >= 11 is 1.66. The third-order valence-corrected chi connectivity index (χ3v) is 3.51. The summed E-state index contributed by atoms with van der Waals surface area (Å²) in [6.45, 7) is 3.83. The third kappa shape index (κ3) is 4.52.